The average molecular weight is 424 g/mol. The number of hydrogen-bond acceptors (Lipinski definition) is 3. The lowest BCUT2D eigenvalue weighted by atomic mass is 10.0. The van der Waals surface area contributed by atoms with Gasteiger partial charge in [-0.15, -0.1) is 0 Å². The second-order valence-electron chi connectivity index (χ2n) is 6.40. The highest BCUT2D eigenvalue weighted by Gasteiger charge is 2.48. The topological polar surface area (TPSA) is 35.5 Å². The Labute approximate surface area is 156 Å². The fraction of sp³-hybridized carbons (Fsp3) is 0.333. The summed E-state index contributed by atoms with van der Waals surface area (Å²) in [4.78, 5) is 0. The zero-order valence-electron chi connectivity index (χ0n) is 14.5. The van der Waals surface area contributed by atoms with Crippen LogP contribution in [0.2, 0.25) is 0 Å². The largest absolute Gasteiger partial charge is 0.412 e. The average Bonchev–Trinajstić information content (AvgIpc) is 2.91. The van der Waals surface area contributed by atoms with E-state index in [1.807, 2.05) is 0 Å². The van der Waals surface area contributed by atoms with E-state index < -0.39 is 38.8 Å². The van der Waals surface area contributed by atoms with Gasteiger partial charge < -0.3 is 0 Å². The first-order valence-corrected chi connectivity index (χ1v) is 9.73. The minimum atomic E-state index is -4.88. The highest BCUT2D eigenvalue weighted by atomic mass is 31.2. The van der Waals surface area contributed by atoms with Crippen LogP contribution in [-0.2, 0) is 13.6 Å². The third-order valence-corrected chi connectivity index (χ3v) is 6.35. The Bertz CT molecular complexity index is 900. The summed E-state index contributed by atoms with van der Waals surface area (Å²) >= 11 is 0. The maximum Gasteiger partial charge on any atom is 0.412 e. The van der Waals surface area contributed by atoms with Crippen molar-refractivity contribution in [2.24, 2.45) is 0 Å². The van der Waals surface area contributed by atoms with Crippen molar-refractivity contribution in [2.45, 2.75) is 24.9 Å². The molecule has 0 radical (unpaired) electrons. The Kier molecular flexibility index (Phi) is 5.38. The van der Waals surface area contributed by atoms with Gasteiger partial charge in [0.05, 0.1) is 0 Å². The van der Waals surface area contributed by atoms with E-state index in [0.29, 0.717) is 27.8 Å². The fourth-order valence-corrected chi connectivity index (χ4v) is 5.30. The van der Waals surface area contributed by atoms with Crippen LogP contribution in [0.5, 0.6) is 0 Å². The van der Waals surface area contributed by atoms with Gasteiger partial charge in [-0.2, -0.15) is 26.3 Å². The van der Waals surface area contributed by atoms with Gasteiger partial charge in [0.1, 0.15) is 5.66 Å². The molecule has 1 aliphatic rings. The van der Waals surface area contributed by atoms with E-state index in [0.717, 1.165) is 0 Å². The van der Waals surface area contributed by atoms with Gasteiger partial charge in [-0.05, 0) is 29.2 Å². The van der Waals surface area contributed by atoms with E-state index in [1.165, 1.54) is 6.07 Å². The number of alkyl halides is 6. The number of aryl methyl sites for hydroxylation is 1. The number of benzene rings is 2. The SMILES string of the molecule is Cc1ccc2c(c1)C(P(=O)(OCC(F)(F)F)OCC(F)(F)F)c1ccccc1-2. The maximum atomic E-state index is 13.3. The van der Waals surface area contributed by atoms with Gasteiger partial charge in [0.15, 0.2) is 13.2 Å². The molecule has 3 rings (SSSR count). The van der Waals surface area contributed by atoms with Gasteiger partial charge in [0.25, 0.3) is 0 Å². The molecule has 0 heterocycles. The van der Waals surface area contributed by atoms with Crippen LogP contribution >= 0.6 is 7.60 Å². The minimum Gasteiger partial charge on any atom is -0.298 e. The molecule has 2 aromatic carbocycles. The first-order valence-electron chi connectivity index (χ1n) is 8.12. The van der Waals surface area contributed by atoms with Crippen molar-refractivity contribution in [3.8, 4) is 11.1 Å². The van der Waals surface area contributed by atoms with Crippen LogP contribution < -0.4 is 0 Å². The second-order valence-corrected chi connectivity index (χ2v) is 8.51. The summed E-state index contributed by atoms with van der Waals surface area (Å²) in [6.07, 6.45) is -9.77. The summed E-state index contributed by atoms with van der Waals surface area (Å²) in [6, 6.07) is 11.4. The molecule has 0 fully saturated rings. The van der Waals surface area contributed by atoms with Crippen LogP contribution in [-0.4, -0.2) is 25.6 Å². The standard InChI is InChI=1S/C18H15F6O3P/c1-11-6-7-13-12-4-2-3-5-14(12)16(15(13)8-11)28(25,26-9-17(19,20)21)27-10-18(22,23)24/h2-8,16H,9-10H2,1H3. The number of rotatable bonds is 5. The normalized spacial score (nSPS) is 16.8. The Morgan fingerprint density at radius 1 is 0.857 bits per heavy atom. The van der Waals surface area contributed by atoms with Crippen molar-refractivity contribution < 1.29 is 40.0 Å². The molecule has 0 aliphatic heterocycles. The third kappa shape index (κ3) is 4.42. The van der Waals surface area contributed by atoms with E-state index in [-0.39, 0.29) is 0 Å². The van der Waals surface area contributed by atoms with Crippen molar-refractivity contribution in [3.05, 3.63) is 59.2 Å². The van der Waals surface area contributed by atoms with Crippen molar-refractivity contribution in [2.75, 3.05) is 13.2 Å². The number of fused-ring (bicyclic) bond motifs is 3. The first-order chi connectivity index (χ1) is 12.9. The van der Waals surface area contributed by atoms with Crippen LogP contribution in [0.15, 0.2) is 42.5 Å². The lowest BCUT2D eigenvalue weighted by molar-refractivity contribution is -0.165. The highest BCUT2D eigenvalue weighted by Crippen LogP contribution is 2.69. The third-order valence-electron chi connectivity index (χ3n) is 4.18. The molecule has 28 heavy (non-hydrogen) atoms. The van der Waals surface area contributed by atoms with Crippen molar-refractivity contribution >= 4 is 7.60 Å². The summed E-state index contributed by atoms with van der Waals surface area (Å²) in [5.41, 5.74) is 1.06. The van der Waals surface area contributed by atoms with E-state index in [4.69, 9.17) is 0 Å². The zero-order chi connectivity index (χ0) is 20.7. The molecule has 1 unspecified atom stereocenters. The van der Waals surface area contributed by atoms with E-state index in [1.54, 1.807) is 43.3 Å². The smallest absolute Gasteiger partial charge is 0.298 e. The molecule has 0 N–H and O–H groups in total. The molecule has 0 aromatic heterocycles. The monoisotopic (exact) mass is 424 g/mol. The molecular formula is C18H15F6O3P. The summed E-state index contributed by atoms with van der Waals surface area (Å²) in [5.74, 6) is 0. The van der Waals surface area contributed by atoms with Crippen LogP contribution in [0.4, 0.5) is 26.3 Å². The Morgan fingerprint density at radius 2 is 1.39 bits per heavy atom. The van der Waals surface area contributed by atoms with Gasteiger partial charge in [0.2, 0.25) is 0 Å². The van der Waals surface area contributed by atoms with E-state index >= 15 is 0 Å². The molecule has 0 saturated heterocycles. The van der Waals surface area contributed by atoms with Crippen LogP contribution in [0.3, 0.4) is 0 Å². The predicted molar refractivity (Wildman–Crippen MR) is 90.1 cm³/mol. The lowest BCUT2D eigenvalue weighted by Gasteiger charge is -2.26. The van der Waals surface area contributed by atoms with Gasteiger partial charge >= 0.3 is 19.9 Å². The summed E-state index contributed by atoms with van der Waals surface area (Å²) in [6.45, 7) is -2.26. The van der Waals surface area contributed by atoms with Gasteiger partial charge in [-0.25, -0.2) is 0 Å². The molecule has 10 heteroatoms. The molecule has 0 bridgehead atoms. The molecule has 1 atom stereocenters. The van der Waals surface area contributed by atoms with Crippen molar-refractivity contribution in [3.63, 3.8) is 0 Å². The summed E-state index contributed by atoms with van der Waals surface area (Å²) in [5, 5.41) is 0. The Hall–Kier alpha value is -1.83. The maximum absolute atomic E-state index is 13.3. The zero-order valence-corrected chi connectivity index (χ0v) is 15.4. The first kappa shape index (κ1) is 20.9. The van der Waals surface area contributed by atoms with Crippen LogP contribution in [0, 0.1) is 6.92 Å². The minimum absolute atomic E-state index is 0.302. The van der Waals surface area contributed by atoms with Gasteiger partial charge in [-0.1, -0.05) is 48.0 Å². The van der Waals surface area contributed by atoms with Gasteiger partial charge in [0, 0.05) is 0 Å². The molecule has 152 valence electrons. The summed E-state index contributed by atoms with van der Waals surface area (Å²) in [7, 11) is -4.88. The Morgan fingerprint density at radius 3 is 1.96 bits per heavy atom. The van der Waals surface area contributed by atoms with Crippen LogP contribution in [0.25, 0.3) is 11.1 Å². The van der Waals surface area contributed by atoms with Crippen molar-refractivity contribution in [1.82, 2.24) is 0 Å². The van der Waals surface area contributed by atoms with E-state index in [2.05, 4.69) is 9.05 Å². The molecule has 0 saturated carbocycles. The molecule has 2 aromatic rings. The number of hydrogen-bond donors (Lipinski definition) is 0. The molecule has 3 nitrogen and oxygen atoms in total. The lowest BCUT2D eigenvalue weighted by Crippen LogP contribution is -2.21. The fourth-order valence-electron chi connectivity index (χ4n) is 3.16. The molecular weight excluding hydrogens is 409 g/mol. The highest BCUT2D eigenvalue weighted by molar-refractivity contribution is 7.54. The quantitative estimate of drug-likeness (QED) is 0.411. The molecule has 1 aliphatic carbocycles. The second kappa shape index (κ2) is 7.21. The van der Waals surface area contributed by atoms with Gasteiger partial charge in [-0.3, -0.25) is 13.6 Å². The predicted octanol–water partition coefficient (Wildman–Crippen LogP) is 6.42. The number of halogens is 6. The van der Waals surface area contributed by atoms with E-state index in [9.17, 15) is 30.9 Å². The summed E-state index contributed by atoms with van der Waals surface area (Å²) < 4.78 is 98.4. The Balaban J connectivity index is 2.11. The van der Waals surface area contributed by atoms with Crippen LogP contribution in [0.1, 0.15) is 22.3 Å². The molecule has 0 amide bonds. The molecule has 0 spiro atoms. The van der Waals surface area contributed by atoms with Crippen molar-refractivity contribution in [1.29, 1.82) is 0 Å².